The van der Waals surface area contributed by atoms with Crippen molar-refractivity contribution < 1.29 is 4.79 Å². The number of piperidine rings is 1. The summed E-state index contributed by atoms with van der Waals surface area (Å²) in [5, 5.41) is 6.24. The van der Waals surface area contributed by atoms with E-state index in [0.29, 0.717) is 18.7 Å². The first kappa shape index (κ1) is 17.0. The summed E-state index contributed by atoms with van der Waals surface area (Å²) >= 11 is 6.36. The van der Waals surface area contributed by atoms with Gasteiger partial charge in [0.2, 0.25) is 0 Å². The predicted octanol–water partition coefficient (Wildman–Crippen LogP) is 1.55. The van der Waals surface area contributed by atoms with E-state index in [1.165, 1.54) is 17.0 Å². The lowest BCUT2D eigenvalue weighted by atomic mass is 9.97. The average molecular weight is 375 g/mol. The molecule has 9 heteroatoms. The molecule has 2 aliphatic rings. The first-order chi connectivity index (χ1) is 12.5. The third-order valence-corrected chi connectivity index (χ3v) is 5.41. The maximum absolute atomic E-state index is 13.2. The zero-order valence-corrected chi connectivity index (χ0v) is 15.1. The summed E-state index contributed by atoms with van der Waals surface area (Å²) in [4.78, 5) is 35.9. The Labute approximate surface area is 155 Å². The fraction of sp³-hybridized carbons (Fsp3) is 0.412. The third kappa shape index (κ3) is 2.65. The molecule has 0 unspecified atom stereocenters. The number of likely N-dealkylation sites (tertiary alicyclic amines) is 1. The number of aromatic nitrogens is 3. The fourth-order valence-electron chi connectivity index (χ4n) is 3.71. The highest BCUT2D eigenvalue weighted by atomic mass is 35.5. The Kier molecular flexibility index (Phi) is 4.16. The monoisotopic (exact) mass is 374 g/mol. The van der Waals surface area contributed by atoms with Gasteiger partial charge in [-0.25, -0.2) is 9.97 Å². The molecule has 0 bridgehead atoms. The highest BCUT2D eigenvalue weighted by Crippen LogP contribution is 2.35. The number of hydrogen-bond donors (Lipinski definition) is 2. The van der Waals surface area contributed by atoms with Crippen LogP contribution in [0.25, 0.3) is 0 Å². The van der Waals surface area contributed by atoms with E-state index < -0.39 is 5.66 Å². The lowest BCUT2D eigenvalue weighted by Crippen LogP contribution is -2.54. The van der Waals surface area contributed by atoms with Crippen molar-refractivity contribution in [3.63, 3.8) is 0 Å². The summed E-state index contributed by atoms with van der Waals surface area (Å²) in [7, 11) is 0. The highest BCUT2D eigenvalue weighted by molar-refractivity contribution is 6.34. The van der Waals surface area contributed by atoms with Crippen molar-refractivity contribution in [3.05, 3.63) is 45.7 Å². The van der Waals surface area contributed by atoms with Gasteiger partial charge in [-0.3, -0.25) is 14.2 Å². The number of fused-ring (bicyclic) bond motifs is 2. The molecule has 2 aromatic heterocycles. The van der Waals surface area contributed by atoms with Crippen LogP contribution in [0.15, 0.2) is 29.5 Å². The van der Waals surface area contributed by atoms with Crippen molar-refractivity contribution in [2.75, 3.05) is 25.0 Å². The number of halogens is 1. The average Bonchev–Trinajstić information content (AvgIpc) is 2.93. The van der Waals surface area contributed by atoms with Gasteiger partial charge in [-0.2, -0.15) is 0 Å². The molecule has 0 saturated carbocycles. The van der Waals surface area contributed by atoms with Crippen LogP contribution in [0.2, 0.25) is 5.02 Å². The van der Waals surface area contributed by atoms with Crippen molar-refractivity contribution in [1.82, 2.24) is 24.8 Å². The van der Waals surface area contributed by atoms with Crippen molar-refractivity contribution in [2.24, 2.45) is 0 Å². The lowest BCUT2D eigenvalue weighted by Gasteiger charge is -2.40. The van der Waals surface area contributed by atoms with Crippen LogP contribution in [0.3, 0.4) is 0 Å². The summed E-state index contributed by atoms with van der Waals surface area (Å²) in [6.07, 6.45) is 4.29. The van der Waals surface area contributed by atoms with E-state index in [9.17, 15) is 9.59 Å². The van der Waals surface area contributed by atoms with Gasteiger partial charge >= 0.3 is 0 Å². The number of rotatable bonds is 3. The normalized spacial score (nSPS) is 18.6. The highest BCUT2D eigenvalue weighted by Gasteiger charge is 2.46. The van der Waals surface area contributed by atoms with Crippen LogP contribution in [0, 0.1) is 0 Å². The topological polar surface area (TPSA) is 92.2 Å². The number of carbonyl (C=O) groups excluding carboxylic acids is 1. The van der Waals surface area contributed by atoms with Gasteiger partial charge in [0, 0.05) is 32.1 Å². The zero-order valence-electron chi connectivity index (χ0n) is 14.3. The van der Waals surface area contributed by atoms with Crippen LogP contribution < -0.4 is 16.2 Å². The van der Waals surface area contributed by atoms with Crippen LogP contribution in [0.5, 0.6) is 0 Å². The minimum Gasteiger partial charge on any atom is -0.336 e. The van der Waals surface area contributed by atoms with Gasteiger partial charge < -0.3 is 15.5 Å². The lowest BCUT2D eigenvalue weighted by molar-refractivity contribution is 0.0761. The van der Waals surface area contributed by atoms with Crippen LogP contribution in [0.4, 0.5) is 11.5 Å². The molecule has 4 heterocycles. The molecule has 0 aromatic carbocycles. The number of anilines is 2. The second kappa shape index (κ2) is 6.37. The van der Waals surface area contributed by atoms with E-state index in [2.05, 4.69) is 32.4 Å². The summed E-state index contributed by atoms with van der Waals surface area (Å²) in [6, 6.07) is 3.14. The Morgan fingerprint density at radius 1 is 1.35 bits per heavy atom. The van der Waals surface area contributed by atoms with Crippen molar-refractivity contribution in [1.29, 1.82) is 0 Å². The molecule has 1 amide bonds. The van der Waals surface area contributed by atoms with E-state index in [4.69, 9.17) is 11.6 Å². The maximum Gasteiger partial charge on any atom is 0.276 e. The number of nitrogens with one attached hydrogen (secondary N) is 2. The summed E-state index contributed by atoms with van der Waals surface area (Å²) in [6.45, 7) is 4.67. The van der Waals surface area contributed by atoms with Gasteiger partial charge in [0.15, 0.2) is 0 Å². The van der Waals surface area contributed by atoms with Crippen molar-refractivity contribution in [3.8, 4) is 0 Å². The van der Waals surface area contributed by atoms with Crippen LogP contribution in [0.1, 0.15) is 30.3 Å². The zero-order chi connectivity index (χ0) is 18.3. The number of carbonyl (C=O) groups is 1. The molecule has 4 rings (SSSR count). The predicted molar refractivity (Wildman–Crippen MR) is 97.8 cm³/mol. The van der Waals surface area contributed by atoms with Gasteiger partial charge in [0.25, 0.3) is 11.5 Å². The standard InChI is InChI=1S/C17H19ClN6O2/c1-2-23-7-4-17(5-8-23)22-15(25)14-11(18)9-12(16(26)24(14)17)21-13-3-6-19-10-20-13/h3,6,9-10H,2,4-5,7-8H2,1H3,(H,22,25)(H,19,20,21). The molecule has 0 aliphatic carbocycles. The molecule has 2 N–H and O–H groups in total. The first-order valence-corrected chi connectivity index (χ1v) is 8.96. The van der Waals surface area contributed by atoms with E-state index in [0.717, 1.165) is 19.6 Å². The quantitative estimate of drug-likeness (QED) is 0.846. The molecule has 0 atom stereocenters. The second-order valence-electron chi connectivity index (χ2n) is 6.53. The maximum atomic E-state index is 13.2. The molecule has 1 spiro atoms. The van der Waals surface area contributed by atoms with Crippen molar-refractivity contribution >= 4 is 29.0 Å². The Bertz CT molecular complexity index is 905. The van der Waals surface area contributed by atoms with Gasteiger partial charge in [-0.15, -0.1) is 0 Å². The number of amides is 1. The molecule has 1 fully saturated rings. The Hall–Kier alpha value is -2.45. The van der Waals surface area contributed by atoms with Crippen LogP contribution in [-0.2, 0) is 5.66 Å². The van der Waals surface area contributed by atoms with E-state index >= 15 is 0 Å². The van der Waals surface area contributed by atoms with Gasteiger partial charge in [0.1, 0.15) is 29.2 Å². The molecule has 136 valence electrons. The molecule has 0 radical (unpaired) electrons. The summed E-state index contributed by atoms with van der Waals surface area (Å²) in [5.41, 5.74) is -0.491. The molecular formula is C17H19ClN6O2. The van der Waals surface area contributed by atoms with E-state index in [1.54, 1.807) is 12.3 Å². The van der Waals surface area contributed by atoms with Crippen LogP contribution in [-0.4, -0.2) is 45.0 Å². The van der Waals surface area contributed by atoms with Crippen molar-refractivity contribution in [2.45, 2.75) is 25.4 Å². The molecule has 1 saturated heterocycles. The van der Waals surface area contributed by atoms with Crippen LogP contribution >= 0.6 is 11.6 Å². The molecular weight excluding hydrogens is 356 g/mol. The van der Waals surface area contributed by atoms with E-state index in [1.807, 2.05) is 0 Å². The minimum atomic E-state index is -0.720. The third-order valence-electron chi connectivity index (χ3n) is 5.12. The largest absolute Gasteiger partial charge is 0.336 e. The summed E-state index contributed by atoms with van der Waals surface area (Å²) < 4.78 is 1.54. The number of pyridine rings is 1. The molecule has 26 heavy (non-hydrogen) atoms. The Balaban J connectivity index is 1.79. The second-order valence-corrected chi connectivity index (χ2v) is 6.94. The molecule has 2 aromatic rings. The van der Waals surface area contributed by atoms with Gasteiger partial charge in [0.05, 0.1) is 5.02 Å². The molecule has 2 aliphatic heterocycles. The van der Waals surface area contributed by atoms with Gasteiger partial charge in [-0.05, 0) is 18.7 Å². The van der Waals surface area contributed by atoms with E-state index in [-0.39, 0.29) is 27.9 Å². The molecule has 8 nitrogen and oxygen atoms in total. The summed E-state index contributed by atoms with van der Waals surface area (Å²) in [5.74, 6) is 0.187. The number of nitrogens with zero attached hydrogens (tertiary/aromatic N) is 4. The Morgan fingerprint density at radius 2 is 2.12 bits per heavy atom. The number of hydrogen-bond acceptors (Lipinski definition) is 6. The van der Waals surface area contributed by atoms with Gasteiger partial charge in [-0.1, -0.05) is 18.5 Å². The first-order valence-electron chi connectivity index (χ1n) is 8.58. The minimum absolute atomic E-state index is 0.231. The smallest absolute Gasteiger partial charge is 0.276 e. The SMILES string of the molecule is CCN1CCC2(CC1)NC(=O)c1c(Cl)cc(Nc3ccncn3)c(=O)n12. The fourth-order valence-corrected chi connectivity index (χ4v) is 3.99. The Morgan fingerprint density at radius 3 is 2.77 bits per heavy atom.